The fraction of sp³-hybridized carbons (Fsp3) is 0.304. The van der Waals surface area contributed by atoms with Gasteiger partial charge in [-0.2, -0.15) is 0 Å². The van der Waals surface area contributed by atoms with Crippen LogP contribution >= 0.6 is 0 Å². The third-order valence-corrected chi connectivity index (χ3v) is 5.63. The van der Waals surface area contributed by atoms with E-state index in [1.807, 2.05) is 31.2 Å². The monoisotopic (exact) mass is 419 g/mol. The minimum Gasteiger partial charge on any atom is -0.312 e. The number of anilines is 2. The number of nitrogens with zero attached hydrogens (tertiary/aromatic N) is 3. The van der Waals surface area contributed by atoms with Crippen LogP contribution in [0.3, 0.4) is 0 Å². The van der Waals surface area contributed by atoms with Crippen molar-refractivity contribution in [3.63, 3.8) is 0 Å². The van der Waals surface area contributed by atoms with Crippen molar-refractivity contribution in [3.05, 3.63) is 64.4 Å². The van der Waals surface area contributed by atoms with Crippen molar-refractivity contribution in [1.29, 1.82) is 0 Å². The summed E-state index contributed by atoms with van der Waals surface area (Å²) in [7, 11) is 0. The third kappa shape index (κ3) is 4.01. The van der Waals surface area contributed by atoms with Crippen LogP contribution in [-0.2, 0) is 22.6 Å². The molecule has 2 aromatic carbocycles. The Balaban J connectivity index is 1.47. The summed E-state index contributed by atoms with van der Waals surface area (Å²) >= 11 is 0. The zero-order valence-electron chi connectivity index (χ0n) is 17.6. The highest BCUT2D eigenvalue weighted by atomic mass is 16.2. The topological polar surface area (TPSA) is 96.3 Å². The Hall–Kier alpha value is -3.68. The molecule has 0 aliphatic carbocycles. The van der Waals surface area contributed by atoms with Crippen LogP contribution in [0.5, 0.6) is 0 Å². The first kappa shape index (κ1) is 20.6. The predicted octanol–water partition coefficient (Wildman–Crippen LogP) is 2.48. The fourth-order valence-electron chi connectivity index (χ4n) is 3.82. The minimum atomic E-state index is -0.492. The van der Waals surface area contributed by atoms with Crippen LogP contribution in [-0.4, -0.2) is 27.9 Å². The molecule has 0 radical (unpaired) electrons. The third-order valence-electron chi connectivity index (χ3n) is 5.63. The molecular weight excluding hydrogens is 394 g/mol. The molecule has 4 rings (SSSR count). The molecule has 0 bridgehead atoms. The van der Waals surface area contributed by atoms with Gasteiger partial charge in [0.25, 0.3) is 5.56 Å². The lowest BCUT2D eigenvalue weighted by Crippen LogP contribution is -2.38. The summed E-state index contributed by atoms with van der Waals surface area (Å²) in [4.78, 5) is 44.0. The molecule has 1 aromatic heterocycles. The molecule has 3 aromatic rings. The molecule has 1 aliphatic rings. The van der Waals surface area contributed by atoms with E-state index in [9.17, 15) is 14.4 Å². The highest BCUT2D eigenvalue weighted by molar-refractivity contribution is 6.00. The molecule has 160 valence electrons. The molecule has 0 saturated carbocycles. The van der Waals surface area contributed by atoms with Gasteiger partial charge in [-0.1, -0.05) is 31.2 Å². The normalized spacial score (nSPS) is 16.0. The number of para-hydroxylation sites is 1. The Morgan fingerprint density at radius 2 is 1.84 bits per heavy atom. The molecule has 1 unspecified atom stereocenters. The van der Waals surface area contributed by atoms with Crippen molar-refractivity contribution in [2.45, 2.75) is 33.2 Å². The lowest BCUT2D eigenvalue weighted by atomic mass is 10.1. The average Bonchev–Trinajstić information content (AvgIpc) is 3.19. The van der Waals surface area contributed by atoms with Crippen LogP contribution in [0.25, 0.3) is 10.9 Å². The summed E-state index contributed by atoms with van der Waals surface area (Å²) < 4.78 is 1.46. The number of hydrogen-bond donors (Lipinski definition) is 2. The van der Waals surface area contributed by atoms with E-state index in [0.29, 0.717) is 24.0 Å². The van der Waals surface area contributed by atoms with E-state index >= 15 is 0 Å². The van der Waals surface area contributed by atoms with Gasteiger partial charge in [-0.15, -0.1) is 0 Å². The Bertz CT molecular complexity index is 1190. The van der Waals surface area contributed by atoms with Gasteiger partial charge < -0.3 is 4.90 Å². The van der Waals surface area contributed by atoms with Crippen LogP contribution in [0.4, 0.5) is 11.6 Å². The number of hydrazine groups is 1. The number of benzene rings is 2. The van der Waals surface area contributed by atoms with E-state index in [0.717, 1.165) is 12.1 Å². The van der Waals surface area contributed by atoms with Crippen LogP contribution in [0.2, 0.25) is 0 Å². The Labute approximate surface area is 179 Å². The molecule has 1 fully saturated rings. The van der Waals surface area contributed by atoms with Crippen LogP contribution in [0.1, 0.15) is 25.8 Å². The SMILES string of the molecule is CCc1ccc(N2CC(C(=O)NNc3nc4ccccc4c(=O)n3CC)CC2=O)cc1. The predicted molar refractivity (Wildman–Crippen MR) is 120 cm³/mol. The van der Waals surface area contributed by atoms with E-state index in [1.54, 1.807) is 29.2 Å². The highest BCUT2D eigenvalue weighted by Crippen LogP contribution is 2.25. The van der Waals surface area contributed by atoms with Crippen molar-refractivity contribution in [3.8, 4) is 0 Å². The van der Waals surface area contributed by atoms with Gasteiger partial charge in [0.2, 0.25) is 17.8 Å². The van der Waals surface area contributed by atoms with Crippen molar-refractivity contribution in [2.24, 2.45) is 5.92 Å². The number of nitrogens with one attached hydrogen (secondary N) is 2. The van der Waals surface area contributed by atoms with E-state index in [4.69, 9.17) is 0 Å². The maximum absolute atomic E-state index is 12.7. The first-order valence-corrected chi connectivity index (χ1v) is 10.5. The molecule has 1 aliphatic heterocycles. The Morgan fingerprint density at radius 3 is 2.55 bits per heavy atom. The molecule has 1 saturated heterocycles. The molecular formula is C23H25N5O3. The summed E-state index contributed by atoms with van der Waals surface area (Å²) in [5, 5.41) is 0.521. The van der Waals surface area contributed by atoms with Crippen molar-refractivity contribution in [2.75, 3.05) is 16.9 Å². The van der Waals surface area contributed by atoms with Gasteiger partial charge in [-0.25, -0.2) is 4.98 Å². The van der Waals surface area contributed by atoms with Gasteiger partial charge >= 0.3 is 0 Å². The lowest BCUT2D eigenvalue weighted by molar-refractivity contribution is -0.125. The molecule has 8 heteroatoms. The second-order valence-corrected chi connectivity index (χ2v) is 7.54. The number of aromatic nitrogens is 2. The van der Waals surface area contributed by atoms with E-state index in [-0.39, 0.29) is 29.7 Å². The maximum Gasteiger partial charge on any atom is 0.262 e. The van der Waals surface area contributed by atoms with Crippen LogP contribution in [0.15, 0.2) is 53.3 Å². The Kier molecular flexibility index (Phi) is 5.70. The van der Waals surface area contributed by atoms with Gasteiger partial charge in [0.15, 0.2) is 0 Å². The Morgan fingerprint density at radius 1 is 1.10 bits per heavy atom. The number of carbonyl (C=O) groups excluding carboxylic acids is 2. The van der Waals surface area contributed by atoms with Crippen molar-refractivity contribution >= 4 is 34.4 Å². The smallest absolute Gasteiger partial charge is 0.262 e. The number of fused-ring (bicyclic) bond motifs is 1. The number of aryl methyl sites for hydroxylation is 1. The zero-order valence-corrected chi connectivity index (χ0v) is 17.6. The van der Waals surface area contributed by atoms with Crippen LogP contribution in [0, 0.1) is 5.92 Å². The molecule has 0 spiro atoms. The summed E-state index contributed by atoms with van der Waals surface area (Å²) in [5.41, 5.74) is 7.77. The summed E-state index contributed by atoms with van der Waals surface area (Å²) in [6.45, 7) is 4.62. The molecule has 2 N–H and O–H groups in total. The van der Waals surface area contributed by atoms with E-state index < -0.39 is 5.92 Å². The number of hydrogen-bond acceptors (Lipinski definition) is 5. The van der Waals surface area contributed by atoms with Crippen LogP contribution < -0.4 is 21.3 Å². The summed E-state index contributed by atoms with van der Waals surface area (Å²) in [6, 6.07) is 14.9. The van der Waals surface area contributed by atoms with E-state index in [1.165, 1.54) is 10.1 Å². The minimum absolute atomic E-state index is 0.0845. The molecule has 1 atom stereocenters. The largest absolute Gasteiger partial charge is 0.312 e. The first-order chi connectivity index (χ1) is 15.0. The van der Waals surface area contributed by atoms with Gasteiger partial charge in [0, 0.05) is 25.2 Å². The lowest BCUT2D eigenvalue weighted by Gasteiger charge is -2.18. The quantitative estimate of drug-likeness (QED) is 0.599. The number of rotatable bonds is 6. The standard InChI is InChI=1S/C23H25N5O3/c1-3-15-9-11-17(12-10-15)28-14-16(13-20(28)29)21(30)25-26-23-24-19-8-6-5-7-18(19)22(31)27(23)4-2/h5-12,16H,3-4,13-14H2,1-2H3,(H,24,26)(H,25,30). The van der Waals surface area contributed by atoms with Gasteiger partial charge in [-0.3, -0.25) is 29.8 Å². The molecule has 2 amide bonds. The molecule has 8 nitrogen and oxygen atoms in total. The summed E-state index contributed by atoms with van der Waals surface area (Å²) in [5.74, 6) is -0.631. The fourth-order valence-corrected chi connectivity index (χ4v) is 3.82. The molecule has 31 heavy (non-hydrogen) atoms. The number of amides is 2. The van der Waals surface area contributed by atoms with Gasteiger partial charge in [0.05, 0.1) is 16.8 Å². The maximum atomic E-state index is 12.7. The van der Waals surface area contributed by atoms with Gasteiger partial charge in [-0.05, 0) is 43.2 Å². The van der Waals surface area contributed by atoms with E-state index in [2.05, 4.69) is 22.8 Å². The number of carbonyl (C=O) groups is 2. The van der Waals surface area contributed by atoms with Gasteiger partial charge in [0.1, 0.15) is 0 Å². The second kappa shape index (κ2) is 8.59. The van der Waals surface area contributed by atoms with Crippen molar-refractivity contribution < 1.29 is 9.59 Å². The molecule has 2 heterocycles. The first-order valence-electron chi connectivity index (χ1n) is 10.5. The average molecular weight is 419 g/mol. The highest BCUT2D eigenvalue weighted by Gasteiger charge is 2.35. The summed E-state index contributed by atoms with van der Waals surface area (Å²) in [6.07, 6.45) is 1.06. The van der Waals surface area contributed by atoms with Crippen molar-refractivity contribution in [1.82, 2.24) is 15.0 Å². The zero-order chi connectivity index (χ0) is 22.0. The second-order valence-electron chi connectivity index (χ2n) is 7.54.